The molecule has 0 radical (unpaired) electrons. The van der Waals surface area contributed by atoms with Crippen LogP contribution in [0.3, 0.4) is 0 Å². The third-order valence-electron chi connectivity index (χ3n) is 5.26. The molecule has 27 heavy (non-hydrogen) atoms. The van der Waals surface area contributed by atoms with E-state index in [0.29, 0.717) is 11.4 Å². The Morgan fingerprint density at radius 1 is 1.11 bits per heavy atom. The van der Waals surface area contributed by atoms with Gasteiger partial charge in [0, 0.05) is 33.8 Å². The van der Waals surface area contributed by atoms with Gasteiger partial charge >= 0.3 is 7.40 Å². The third kappa shape index (κ3) is 3.36. The molecule has 3 rings (SSSR count). The number of aryl methyl sites for hydroxylation is 2. The van der Waals surface area contributed by atoms with Crippen LogP contribution in [0.4, 0.5) is 8.63 Å². The van der Waals surface area contributed by atoms with Gasteiger partial charge in [-0.05, 0) is 84.2 Å². The fraction of sp³-hybridized carbons (Fsp3) is 0.476. The fourth-order valence-electron chi connectivity index (χ4n) is 4.52. The minimum Gasteiger partial charge on any atom is -0.329 e. The number of hydrogen-bond donors (Lipinski definition) is 1. The summed E-state index contributed by atoms with van der Waals surface area (Å²) in [6.45, 7) is 15.9. The van der Waals surface area contributed by atoms with Crippen molar-refractivity contribution in [3.05, 3.63) is 52.0 Å². The first-order valence-electron chi connectivity index (χ1n) is 9.32. The number of hydrogen-bond acceptors (Lipinski definition) is 2. The predicted octanol–water partition coefficient (Wildman–Crippen LogP) is 5.10. The average Bonchev–Trinajstić information content (AvgIpc) is 3.03. The average molecular weight is 371 g/mol. The van der Waals surface area contributed by atoms with E-state index in [1.54, 1.807) is 6.92 Å². The molecule has 0 unspecified atom stereocenters. The molecule has 0 spiro atoms. The molecule has 1 aromatic heterocycles. The van der Waals surface area contributed by atoms with E-state index < -0.39 is 7.40 Å². The van der Waals surface area contributed by atoms with Crippen molar-refractivity contribution in [2.45, 2.75) is 66.5 Å². The Hall–Kier alpha value is -1.95. The first-order valence-corrected chi connectivity index (χ1v) is 9.32. The highest BCUT2D eigenvalue weighted by Crippen LogP contribution is 2.44. The lowest BCUT2D eigenvalue weighted by Gasteiger charge is -2.30. The highest BCUT2D eigenvalue weighted by molar-refractivity contribution is 6.41. The second-order valence-electron chi connectivity index (χ2n) is 8.80. The molecular weight excluding hydrogens is 343 g/mol. The Labute approximate surface area is 161 Å². The lowest BCUT2D eigenvalue weighted by Crippen LogP contribution is -2.45. The number of aromatic nitrogens is 1. The smallest absolute Gasteiger partial charge is 0.329 e. The van der Waals surface area contributed by atoms with Gasteiger partial charge in [-0.15, -0.1) is 0 Å². The van der Waals surface area contributed by atoms with Gasteiger partial charge in [-0.1, -0.05) is 6.08 Å². The number of halogens is 2. The van der Waals surface area contributed by atoms with Crippen LogP contribution in [-0.4, -0.2) is 28.7 Å². The van der Waals surface area contributed by atoms with Crippen molar-refractivity contribution in [3.63, 3.8) is 0 Å². The van der Waals surface area contributed by atoms with Gasteiger partial charge in [0.15, 0.2) is 0 Å². The van der Waals surface area contributed by atoms with E-state index in [9.17, 15) is 8.63 Å². The highest BCUT2D eigenvalue weighted by Gasteiger charge is 2.41. The Kier molecular flexibility index (Phi) is 4.62. The summed E-state index contributed by atoms with van der Waals surface area (Å²) < 4.78 is 29.2. The largest absolute Gasteiger partial charge is 0.677 e. The zero-order valence-electron chi connectivity index (χ0n) is 17.5. The van der Waals surface area contributed by atoms with Crippen molar-refractivity contribution in [1.29, 1.82) is 0 Å². The van der Waals surface area contributed by atoms with Crippen molar-refractivity contribution in [2.24, 2.45) is 4.99 Å². The zero-order valence-corrected chi connectivity index (χ0v) is 17.5. The first kappa shape index (κ1) is 19.8. The Balaban J connectivity index is 2.41. The fourth-order valence-corrected chi connectivity index (χ4v) is 4.52. The molecule has 0 saturated heterocycles. The molecule has 3 nitrogen and oxygen atoms in total. The van der Waals surface area contributed by atoms with E-state index >= 15 is 0 Å². The van der Waals surface area contributed by atoms with Gasteiger partial charge in [0.25, 0.3) is 0 Å². The van der Waals surface area contributed by atoms with E-state index in [-0.39, 0.29) is 11.1 Å². The molecule has 0 saturated carbocycles. The normalized spacial score (nSPS) is 22.5. The first-order chi connectivity index (χ1) is 12.3. The van der Waals surface area contributed by atoms with E-state index in [2.05, 4.69) is 39.1 Å². The van der Waals surface area contributed by atoms with Crippen molar-refractivity contribution in [1.82, 2.24) is 9.79 Å². The van der Waals surface area contributed by atoms with Gasteiger partial charge in [-0.2, -0.15) is 0 Å². The third-order valence-corrected chi connectivity index (χ3v) is 5.26. The molecule has 0 bridgehead atoms. The minimum absolute atomic E-state index is 0.231. The van der Waals surface area contributed by atoms with Gasteiger partial charge in [0.05, 0.1) is 5.70 Å². The number of rotatable bonds is 3. The molecule has 0 atom stereocenters. The van der Waals surface area contributed by atoms with Crippen molar-refractivity contribution in [3.8, 4) is 0 Å². The van der Waals surface area contributed by atoms with Gasteiger partial charge < -0.3 is 4.48 Å². The van der Waals surface area contributed by atoms with E-state index in [0.717, 1.165) is 38.2 Å². The number of allylic oxidation sites excluding steroid dienone is 2. The van der Waals surface area contributed by atoms with Crippen LogP contribution >= 0.6 is 0 Å². The summed E-state index contributed by atoms with van der Waals surface area (Å²) in [5.41, 5.74) is 5.85. The predicted molar refractivity (Wildman–Crippen MR) is 110 cm³/mol. The maximum absolute atomic E-state index is 14.0. The number of aliphatic imine (C=N–C) groups is 1. The summed E-state index contributed by atoms with van der Waals surface area (Å²) in [7, 11) is -2.61. The van der Waals surface area contributed by atoms with Crippen LogP contribution < -0.4 is 5.32 Å². The van der Waals surface area contributed by atoms with Gasteiger partial charge in [0.2, 0.25) is 0 Å². The summed E-state index contributed by atoms with van der Waals surface area (Å²) >= 11 is 0. The van der Waals surface area contributed by atoms with Crippen molar-refractivity contribution in [2.75, 3.05) is 0 Å². The van der Waals surface area contributed by atoms with E-state index in [1.807, 2.05) is 32.9 Å². The molecule has 0 fully saturated rings. The van der Waals surface area contributed by atoms with Crippen LogP contribution in [0.5, 0.6) is 0 Å². The van der Waals surface area contributed by atoms with Gasteiger partial charge in [0.1, 0.15) is 0 Å². The van der Waals surface area contributed by atoms with Gasteiger partial charge in [-0.3, -0.25) is 18.9 Å². The molecule has 2 aliphatic heterocycles. The maximum atomic E-state index is 14.0. The lowest BCUT2D eigenvalue weighted by molar-refractivity contribution is 0.391. The second kappa shape index (κ2) is 6.30. The van der Waals surface area contributed by atoms with Gasteiger partial charge in [-0.25, -0.2) is 0 Å². The Morgan fingerprint density at radius 3 is 2.19 bits per heavy atom. The number of nitrogens with one attached hydrogen (secondary N) is 1. The van der Waals surface area contributed by atoms with Crippen LogP contribution in [-0.2, 0) is 0 Å². The van der Waals surface area contributed by atoms with E-state index in [4.69, 9.17) is 4.99 Å². The lowest BCUT2D eigenvalue weighted by atomic mass is 9.84. The van der Waals surface area contributed by atoms with Crippen LogP contribution in [0.25, 0.3) is 5.57 Å². The Morgan fingerprint density at radius 2 is 1.74 bits per heavy atom. The monoisotopic (exact) mass is 371 g/mol. The molecule has 144 valence electrons. The quantitative estimate of drug-likeness (QED) is 0.737. The van der Waals surface area contributed by atoms with Crippen LogP contribution in [0.2, 0.25) is 0 Å². The topological polar surface area (TPSA) is 29.3 Å². The summed E-state index contributed by atoms with van der Waals surface area (Å²) in [5, 5.41) is 3.60. The highest BCUT2D eigenvalue weighted by atomic mass is 19.2. The molecular formula is C21H28BF2N3. The molecule has 1 N–H and O–H groups in total. The molecule has 6 heteroatoms. The molecule has 1 aromatic rings. The zero-order chi connectivity index (χ0) is 20.3. The van der Waals surface area contributed by atoms with Crippen LogP contribution in [0, 0.1) is 13.8 Å². The van der Waals surface area contributed by atoms with Crippen LogP contribution in [0.1, 0.15) is 58.5 Å². The SMILES string of the molecule is CC1=CC(C)=N/C1=C(/C1=CC(C)(C)NC1(C)C)c1c(C)cc(C)n1B(F)F. The summed E-state index contributed by atoms with van der Waals surface area (Å²) in [6.07, 6.45) is 4.16. The minimum atomic E-state index is -2.61. The molecule has 0 amide bonds. The molecule has 0 aromatic carbocycles. The van der Waals surface area contributed by atoms with E-state index in [1.165, 1.54) is 0 Å². The van der Waals surface area contributed by atoms with Crippen LogP contribution in [0.15, 0.2) is 40.1 Å². The Bertz CT molecular complexity index is 927. The molecule has 0 aliphatic carbocycles. The molecule has 2 aliphatic rings. The summed E-state index contributed by atoms with van der Waals surface area (Å²) in [6, 6.07) is 1.83. The second-order valence-corrected chi connectivity index (χ2v) is 8.80. The summed E-state index contributed by atoms with van der Waals surface area (Å²) in [4.78, 5) is 4.73. The van der Waals surface area contributed by atoms with Crippen molar-refractivity contribution >= 4 is 18.7 Å². The molecule has 3 heterocycles. The number of nitrogens with zero attached hydrogens (tertiary/aromatic N) is 2. The van der Waals surface area contributed by atoms with Crippen molar-refractivity contribution < 1.29 is 8.63 Å². The summed E-state index contributed by atoms with van der Waals surface area (Å²) in [5.74, 6) is 0. The maximum Gasteiger partial charge on any atom is 0.677 e. The standard InChI is InChI=1S/C21H28BF2N3/c1-12-9-14(3)25-18(12)17(16-11-20(5,6)26-21(16,7)8)19-13(2)10-15(4)27(19)22(23)24/h9-11,26H,1-8H3/b18-17-.